The maximum atomic E-state index is 10.1. The summed E-state index contributed by atoms with van der Waals surface area (Å²) in [5, 5.41) is 10.1. The van der Waals surface area contributed by atoms with Crippen molar-refractivity contribution in [2.45, 2.75) is 52.1 Å². The van der Waals surface area contributed by atoms with Gasteiger partial charge >= 0.3 is 0 Å². The highest BCUT2D eigenvalue weighted by Gasteiger charge is 2.31. The Balaban J connectivity index is 1.82. The molecule has 1 saturated heterocycles. The van der Waals surface area contributed by atoms with Crippen molar-refractivity contribution >= 4 is 0 Å². The van der Waals surface area contributed by atoms with Crippen molar-refractivity contribution in [1.82, 2.24) is 4.90 Å². The number of nitrogens with zero attached hydrogens (tertiary/aromatic N) is 1. The quantitative estimate of drug-likeness (QED) is 0.798. The van der Waals surface area contributed by atoms with Gasteiger partial charge in [0.15, 0.2) is 0 Å². The minimum Gasteiger partial charge on any atom is -0.393 e. The van der Waals surface area contributed by atoms with Gasteiger partial charge in [0.25, 0.3) is 0 Å². The summed E-state index contributed by atoms with van der Waals surface area (Å²) in [7, 11) is 0. The van der Waals surface area contributed by atoms with E-state index in [9.17, 15) is 5.11 Å². The molecule has 1 N–H and O–H groups in total. The Morgan fingerprint density at radius 3 is 2.69 bits per heavy atom. The summed E-state index contributed by atoms with van der Waals surface area (Å²) in [6.07, 6.45) is 6.14. The van der Waals surface area contributed by atoms with Crippen molar-refractivity contribution in [2.75, 3.05) is 19.6 Å². The van der Waals surface area contributed by atoms with E-state index >= 15 is 0 Å². The first kappa shape index (κ1) is 12.4. The summed E-state index contributed by atoms with van der Waals surface area (Å²) < 4.78 is 0. The van der Waals surface area contributed by atoms with Crippen LogP contribution in [0.1, 0.15) is 46.0 Å². The molecule has 1 aliphatic carbocycles. The molecule has 2 heteroatoms. The minimum absolute atomic E-state index is 0.0290. The van der Waals surface area contributed by atoms with Crippen LogP contribution < -0.4 is 0 Å². The number of rotatable bonds is 3. The molecule has 1 heterocycles. The Hall–Kier alpha value is -0.0800. The van der Waals surface area contributed by atoms with Crippen LogP contribution in [-0.4, -0.2) is 35.7 Å². The van der Waals surface area contributed by atoms with E-state index in [2.05, 4.69) is 18.7 Å². The molecule has 0 spiro atoms. The van der Waals surface area contributed by atoms with Gasteiger partial charge in [-0.25, -0.2) is 0 Å². The van der Waals surface area contributed by atoms with Crippen molar-refractivity contribution in [3.8, 4) is 0 Å². The number of hydrogen-bond acceptors (Lipinski definition) is 2. The van der Waals surface area contributed by atoms with Gasteiger partial charge in [-0.1, -0.05) is 20.3 Å². The summed E-state index contributed by atoms with van der Waals surface area (Å²) >= 11 is 0. The van der Waals surface area contributed by atoms with Gasteiger partial charge in [-0.2, -0.15) is 0 Å². The SMILES string of the molecule is CCC1CCC(O)C(CN2CCC(C)C2)C1. The molecule has 0 bridgehead atoms. The third-order valence-electron chi connectivity index (χ3n) is 4.63. The van der Waals surface area contributed by atoms with Gasteiger partial charge in [-0.3, -0.25) is 0 Å². The molecule has 2 aliphatic rings. The molecule has 0 aromatic heterocycles. The van der Waals surface area contributed by atoms with Crippen LogP contribution in [-0.2, 0) is 0 Å². The lowest BCUT2D eigenvalue weighted by Crippen LogP contribution is -2.38. The first-order valence-corrected chi connectivity index (χ1v) is 7.09. The van der Waals surface area contributed by atoms with E-state index in [4.69, 9.17) is 0 Å². The first-order chi connectivity index (χ1) is 7.69. The molecule has 0 aromatic carbocycles. The highest BCUT2D eigenvalue weighted by molar-refractivity contribution is 4.83. The molecule has 0 radical (unpaired) electrons. The maximum Gasteiger partial charge on any atom is 0.0580 e. The molecule has 1 aliphatic heterocycles. The van der Waals surface area contributed by atoms with E-state index in [1.165, 1.54) is 38.8 Å². The van der Waals surface area contributed by atoms with Crippen molar-refractivity contribution < 1.29 is 5.11 Å². The molecule has 4 unspecified atom stereocenters. The normalized spacial score (nSPS) is 41.4. The van der Waals surface area contributed by atoms with E-state index in [0.29, 0.717) is 5.92 Å². The Labute approximate surface area is 100 Å². The fourth-order valence-electron chi connectivity index (χ4n) is 3.44. The summed E-state index contributed by atoms with van der Waals surface area (Å²) in [5.74, 6) is 2.28. The van der Waals surface area contributed by atoms with Gasteiger partial charge in [-0.15, -0.1) is 0 Å². The molecular weight excluding hydrogens is 198 g/mol. The number of aliphatic hydroxyl groups is 1. The zero-order chi connectivity index (χ0) is 11.5. The predicted molar refractivity (Wildman–Crippen MR) is 67.3 cm³/mol. The molecule has 2 nitrogen and oxygen atoms in total. The maximum absolute atomic E-state index is 10.1. The number of hydrogen-bond donors (Lipinski definition) is 1. The van der Waals surface area contributed by atoms with Crippen LogP contribution in [0.15, 0.2) is 0 Å². The number of likely N-dealkylation sites (tertiary alicyclic amines) is 1. The standard InChI is InChI=1S/C14H27NO/c1-3-12-4-5-14(16)13(8-12)10-15-7-6-11(2)9-15/h11-14,16H,3-10H2,1-2H3. The predicted octanol–water partition coefficient (Wildman–Crippen LogP) is 2.52. The lowest BCUT2D eigenvalue weighted by Gasteiger charge is -2.35. The largest absolute Gasteiger partial charge is 0.393 e. The minimum atomic E-state index is -0.0290. The first-order valence-electron chi connectivity index (χ1n) is 7.09. The van der Waals surface area contributed by atoms with Gasteiger partial charge in [-0.05, 0) is 50.0 Å². The van der Waals surface area contributed by atoms with Crippen molar-refractivity contribution in [3.63, 3.8) is 0 Å². The van der Waals surface area contributed by atoms with E-state index < -0.39 is 0 Å². The highest BCUT2D eigenvalue weighted by atomic mass is 16.3. The topological polar surface area (TPSA) is 23.5 Å². The zero-order valence-corrected chi connectivity index (χ0v) is 10.9. The third-order valence-corrected chi connectivity index (χ3v) is 4.63. The Kier molecular flexibility index (Phi) is 4.26. The van der Waals surface area contributed by atoms with Gasteiger partial charge < -0.3 is 10.0 Å². The van der Waals surface area contributed by atoms with Crippen molar-refractivity contribution in [2.24, 2.45) is 17.8 Å². The molecule has 0 aromatic rings. The van der Waals surface area contributed by atoms with E-state index in [0.717, 1.165) is 24.8 Å². The van der Waals surface area contributed by atoms with Gasteiger partial charge in [0.2, 0.25) is 0 Å². The summed E-state index contributed by atoms with van der Waals surface area (Å²) in [4.78, 5) is 2.57. The molecule has 2 fully saturated rings. The highest BCUT2D eigenvalue weighted by Crippen LogP contribution is 2.32. The summed E-state index contributed by atoms with van der Waals surface area (Å²) in [6.45, 7) is 8.27. The average Bonchev–Trinajstić information content (AvgIpc) is 2.67. The molecular formula is C14H27NO. The Morgan fingerprint density at radius 2 is 2.06 bits per heavy atom. The van der Waals surface area contributed by atoms with Crippen LogP contribution in [0.5, 0.6) is 0 Å². The van der Waals surface area contributed by atoms with Crippen molar-refractivity contribution in [3.05, 3.63) is 0 Å². The smallest absolute Gasteiger partial charge is 0.0580 e. The third kappa shape index (κ3) is 2.98. The molecule has 2 rings (SSSR count). The molecule has 1 saturated carbocycles. The molecule has 94 valence electrons. The van der Waals surface area contributed by atoms with E-state index in [1.807, 2.05) is 0 Å². The fourth-order valence-corrected chi connectivity index (χ4v) is 3.44. The second-order valence-corrected chi connectivity index (χ2v) is 6.07. The van der Waals surface area contributed by atoms with Gasteiger partial charge in [0.1, 0.15) is 0 Å². The fraction of sp³-hybridized carbons (Fsp3) is 1.00. The van der Waals surface area contributed by atoms with Crippen LogP contribution >= 0.6 is 0 Å². The molecule has 16 heavy (non-hydrogen) atoms. The van der Waals surface area contributed by atoms with Crippen LogP contribution in [0.4, 0.5) is 0 Å². The Bertz CT molecular complexity index is 219. The van der Waals surface area contributed by atoms with Crippen molar-refractivity contribution in [1.29, 1.82) is 0 Å². The van der Waals surface area contributed by atoms with E-state index in [-0.39, 0.29) is 6.10 Å². The van der Waals surface area contributed by atoms with Gasteiger partial charge in [0, 0.05) is 13.1 Å². The number of aliphatic hydroxyl groups excluding tert-OH is 1. The van der Waals surface area contributed by atoms with Crippen LogP contribution in [0.25, 0.3) is 0 Å². The summed E-state index contributed by atoms with van der Waals surface area (Å²) in [6, 6.07) is 0. The zero-order valence-electron chi connectivity index (χ0n) is 10.9. The van der Waals surface area contributed by atoms with Crippen LogP contribution in [0.3, 0.4) is 0 Å². The summed E-state index contributed by atoms with van der Waals surface area (Å²) in [5.41, 5.74) is 0. The lowest BCUT2D eigenvalue weighted by atomic mass is 9.78. The second kappa shape index (κ2) is 5.50. The van der Waals surface area contributed by atoms with Gasteiger partial charge in [0.05, 0.1) is 6.10 Å². The second-order valence-electron chi connectivity index (χ2n) is 6.07. The average molecular weight is 225 g/mol. The van der Waals surface area contributed by atoms with E-state index in [1.54, 1.807) is 0 Å². The van der Waals surface area contributed by atoms with Crippen LogP contribution in [0.2, 0.25) is 0 Å². The molecule has 0 amide bonds. The molecule has 4 atom stereocenters. The lowest BCUT2D eigenvalue weighted by molar-refractivity contribution is 0.0301. The van der Waals surface area contributed by atoms with Crippen LogP contribution in [0, 0.1) is 17.8 Å². The Morgan fingerprint density at radius 1 is 1.25 bits per heavy atom. The monoisotopic (exact) mass is 225 g/mol.